The van der Waals surface area contributed by atoms with E-state index in [1.807, 2.05) is 13.0 Å². The van der Waals surface area contributed by atoms with Crippen LogP contribution in [0.3, 0.4) is 0 Å². The fourth-order valence-electron chi connectivity index (χ4n) is 1.55. The molecule has 88 valence electrons. The maximum atomic E-state index is 13.3. The fraction of sp³-hybridized carbons (Fsp3) is 0.167. The molecular formula is C12H11BrFN3. The minimum atomic E-state index is -0.325. The lowest BCUT2D eigenvalue weighted by Gasteiger charge is -2.05. The monoisotopic (exact) mass is 295 g/mol. The molecule has 1 aromatic heterocycles. The number of nitrogens with two attached hydrogens (primary N) is 1. The number of nitrogens with zero attached hydrogens (tertiary/aromatic N) is 2. The third kappa shape index (κ3) is 2.87. The molecule has 0 aliphatic carbocycles. The highest BCUT2D eigenvalue weighted by molar-refractivity contribution is 9.10. The number of halogens is 2. The molecule has 0 radical (unpaired) electrons. The van der Waals surface area contributed by atoms with Gasteiger partial charge >= 0.3 is 0 Å². The van der Waals surface area contributed by atoms with Gasteiger partial charge in [0.25, 0.3) is 0 Å². The molecule has 17 heavy (non-hydrogen) atoms. The van der Waals surface area contributed by atoms with E-state index in [0.29, 0.717) is 22.4 Å². The molecule has 3 nitrogen and oxygen atoms in total. The molecular weight excluding hydrogens is 285 g/mol. The molecule has 0 aliphatic rings. The van der Waals surface area contributed by atoms with Gasteiger partial charge in [-0.25, -0.2) is 14.4 Å². The van der Waals surface area contributed by atoms with Gasteiger partial charge in [0.1, 0.15) is 5.82 Å². The van der Waals surface area contributed by atoms with E-state index in [2.05, 4.69) is 25.9 Å². The molecule has 1 heterocycles. The Morgan fingerprint density at radius 3 is 2.65 bits per heavy atom. The van der Waals surface area contributed by atoms with Crippen LogP contribution >= 0.6 is 15.9 Å². The highest BCUT2D eigenvalue weighted by Crippen LogP contribution is 2.22. The summed E-state index contributed by atoms with van der Waals surface area (Å²) in [5, 5.41) is 0. The Hall–Kier alpha value is -1.33. The first-order chi connectivity index (χ1) is 8.08. The number of aromatic nitrogens is 2. The Morgan fingerprint density at radius 2 is 2.00 bits per heavy atom. The first-order valence-electron chi connectivity index (χ1n) is 5.09. The van der Waals surface area contributed by atoms with Gasteiger partial charge in [-0.15, -0.1) is 0 Å². The predicted molar refractivity (Wildman–Crippen MR) is 67.8 cm³/mol. The second-order valence-corrected chi connectivity index (χ2v) is 4.60. The van der Waals surface area contributed by atoms with Gasteiger partial charge in [-0.05, 0) is 31.2 Å². The topological polar surface area (TPSA) is 51.8 Å². The maximum Gasteiger partial charge on any atom is 0.159 e. The van der Waals surface area contributed by atoms with Crippen molar-refractivity contribution >= 4 is 15.9 Å². The molecule has 0 unspecified atom stereocenters. The molecule has 0 saturated heterocycles. The van der Waals surface area contributed by atoms with Crippen molar-refractivity contribution < 1.29 is 4.39 Å². The zero-order valence-corrected chi connectivity index (χ0v) is 10.8. The SMILES string of the molecule is Cc1cc(CN)nc(-c2cc(F)cc(Br)c2)n1. The largest absolute Gasteiger partial charge is 0.325 e. The average molecular weight is 296 g/mol. The lowest BCUT2D eigenvalue weighted by molar-refractivity contribution is 0.627. The summed E-state index contributed by atoms with van der Waals surface area (Å²) >= 11 is 3.24. The lowest BCUT2D eigenvalue weighted by Crippen LogP contribution is -2.03. The van der Waals surface area contributed by atoms with Crippen molar-refractivity contribution in [3.05, 3.63) is 45.9 Å². The molecule has 0 saturated carbocycles. The Kier molecular flexibility index (Phi) is 3.49. The van der Waals surface area contributed by atoms with E-state index in [1.165, 1.54) is 12.1 Å². The van der Waals surface area contributed by atoms with Crippen molar-refractivity contribution in [3.8, 4) is 11.4 Å². The summed E-state index contributed by atoms with van der Waals surface area (Å²) in [6.07, 6.45) is 0. The summed E-state index contributed by atoms with van der Waals surface area (Å²) in [6, 6.07) is 6.39. The summed E-state index contributed by atoms with van der Waals surface area (Å²) in [6.45, 7) is 2.20. The van der Waals surface area contributed by atoms with Gasteiger partial charge in [0.2, 0.25) is 0 Å². The van der Waals surface area contributed by atoms with Gasteiger partial charge < -0.3 is 5.73 Å². The Labute approximate surface area is 107 Å². The molecule has 2 rings (SSSR count). The van der Waals surface area contributed by atoms with Crippen LogP contribution in [0.5, 0.6) is 0 Å². The molecule has 0 amide bonds. The maximum absolute atomic E-state index is 13.3. The summed E-state index contributed by atoms with van der Waals surface area (Å²) in [5.41, 5.74) is 7.75. The summed E-state index contributed by atoms with van der Waals surface area (Å²) in [5.74, 6) is 0.166. The number of rotatable bonds is 2. The van der Waals surface area contributed by atoms with Crippen LogP contribution in [0.4, 0.5) is 4.39 Å². The van der Waals surface area contributed by atoms with Crippen LogP contribution in [0.2, 0.25) is 0 Å². The Balaban J connectivity index is 2.55. The first kappa shape index (κ1) is 12.1. The summed E-state index contributed by atoms with van der Waals surface area (Å²) < 4.78 is 13.9. The van der Waals surface area contributed by atoms with Crippen LogP contribution in [0.15, 0.2) is 28.7 Å². The average Bonchev–Trinajstić information content (AvgIpc) is 2.26. The van der Waals surface area contributed by atoms with Crippen LogP contribution < -0.4 is 5.73 Å². The molecule has 0 spiro atoms. The van der Waals surface area contributed by atoms with Crippen molar-refractivity contribution in [2.75, 3.05) is 0 Å². The van der Waals surface area contributed by atoms with Gasteiger partial charge in [0, 0.05) is 22.3 Å². The van der Waals surface area contributed by atoms with Gasteiger partial charge in [-0.3, -0.25) is 0 Å². The molecule has 2 aromatic rings. The van der Waals surface area contributed by atoms with Crippen LogP contribution in [0.25, 0.3) is 11.4 Å². The van der Waals surface area contributed by atoms with Crippen LogP contribution in [0, 0.1) is 12.7 Å². The van der Waals surface area contributed by atoms with Crippen molar-refractivity contribution in [1.29, 1.82) is 0 Å². The van der Waals surface area contributed by atoms with E-state index in [1.54, 1.807) is 6.07 Å². The highest BCUT2D eigenvalue weighted by Gasteiger charge is 2.07. The minimum absolute atomic E-state index is 0.325. The second kappa shape index (κ2) is 4.89. The van der Waals surface area contributed by atoms with Gasteiger partial charge in [0.15, 0.2) is 5.82 Å². The predicted octanol–water partition coefficient (Wildman–Crippen LogP) is 2.81. The molecule has 0 bridgehead atoms. The zero-order valence-electron chi connectivity index (χ0n) is 9.24. The van der Waals surface area contributed by atoms with Crippen LogP contribution in [-0.4, -0.2) is 9.97 Å². The van der Waals surface area contributed by atoms with Crippen molar-refractivity contribution in [2.24, 2.45) is 5.73 Å². The van der Waals surface area contributed by atoms with Gasteiger partial charge in [-0.2, -0.15) is 0 Å². The standard InChI is InChI=1S/C12H11BrFN3/c1-7-2-11(6-15)17-12(16-7)8-3-9(13)5-10(14)4-8/h2-5H,6,15H2,1H3. The summed E-state index contributed by atoms with van der Waals surface area (Å²) in [4.78, 5) is 8.56. The van der Waals surface area contributed by atoms with Gasteiger partial charge in [0.05, 0.1) is 5.69 Å². The zero-order chi connectivity index (χ0) is 12.4. The Bertz CT molecular complexity index is 537. The van der Waals surface area contributed by atoms with E-state index in [9.17, 15) is 4.39 Å². The molecule has 1 aromatic carbocycles. The van der Waals surface area contributed by atoms with E-state index in [0.717, 1.165) is 11.4 Å². The van der Waals surface area contributed by atoms with Crippen molar-refractivity contribution in [3.63, 3.8) is 0 Å². The van der Waals surface area contributed by atoms with E-state index >= 15 is 0 Å². The van der Waals surface area contributed by atoms with Gasteiger partial charge in [-0.1, -0.05) is 15.9 Å². The molecule has 0 atom stereocenters. The normalized spacial score (nSPS) is 10.6. The minimum Gasteiger partial charge on any atom is -0.325 e. The highest BCUT2D eigenvalue weighted by atomic mass is 79.9. The van der Waals surface area contributed by atoms with Crippen LogP contribution in [0.1, 0.15) is 11.4 Å². The van der Waals surface area contributed by atoms with Crippen molar-refractivity contribution in [1.82, 2.24) is 9.97 Å². The van der Waals surface area contributed by atoms with Crippen molar-refractivity contribution in [2.45, 2.75) is 13.5 Å². The summed E-state index contributed by atoms with van der Waals surface area (Å²) in [7, 11) is 0. The third-order valence-electron chi connectivity index (χ3n) is 2.24. The molecule has 2 N–H and O–H groups in total. The molecule has 0 fully saturated rings. The lowest BCUT2D eigenvalue weighted by atomic mass is 10.2. The quantitative estimate of drug-likeness (QED) is 0.927. The van der Waals surface area contributed by atoms with E-state index in [-0.39, 0.29) is 5.82 Å². The number of benzene rings is 1. The number of hydrogen-bond acceptors (Lipinski definition) is 3. The number of hydrogen-bond donors (Lipinski definition) is 1. The van der Waals surface area contributed by atoms with Crippen LogP contribution in [-0.2, 0) is 6.54 Å². The smallest absolute Gasteiger partial charge is 0.159 e. The van der Waals surface area contributed by atoms with E-state index < -0.39 is 0 Å². The van der Waals surface area contributed by atoms with E-state index in [4.69, 9.17) is 5.73 Å². The Morgan fingerprint density at radius 1 is 1.24 bits per heavy atom. The first-order valence-corrected chi connectivity index (χ1v) is 5.89. The molecule has 0 aliphatic heterocycles. The number of aryl methyl sites for hydroxylation is 1. The molecule has 5 heteroatoms. The fourth-order valence-corrected chi connectivity index (χ4v) is 2.02. The third-order valence-corrected chi connectivity index (χ3v) is 2.69. The second-order valence-electron chi connectivity index (χ2n) is 3.69.